The first-order valence-corrected chi connectivity index (χ1v) is 9.68. The molecule has 3 aromatic rings. The van der Waals surface area contributed by atoms with Gasteiger partial charge in [-0.25, -0.2) is 4.39 Å². The highest BCUT2D eigenvalue weighted by atomic mass is 19.1. The number of hydrogen-bond acceptors (Lipinski definition) is 4. The smallest absolute Gasteiger partial charge is 0.287 e. The largest absolute Gasteiger partial charge is 0.496 e. The minimum atomic E-state index is -0.355. The monoisotopic (exact) mass is 398 g/mol. The lowest BCUT2D eigenvalue weighted by Crippen LogP contribution is -2.24. The van der Waals surface area contributed by atoms with E-state index in [4.69, 9.17) is 9.15 Å². The zero-order valence-corrected chi connectivity index (χ0v) is 17.3. The molecule has 154 valence electrons. The molecule has 0 atom stereocenters. The van der Waals surface area contributed by atoms with Gasteiger partial charge in [-0.1, -0.05) is 19.9 Å². The molecule has 5 nitrogen and oxygen atoms in total. The predicted molar refractivity (Wildman–Crippen MR) is 112 cm³/mol. The van der Waals surface area contributed by atoms with Gasteiger partial charge in [-0.15, -0.1) is 0 Å². The Hall–Kier alpha value is -3.15. The third-order valence-electron chi connectivity index (χ3n) is 4.27. The van der Waals surface area contributed by atoms with Crippen LogP contribution < -0.4 is 10.1 Å². The van der Waals surface area contributed by atoms with Crippen molar-refractivity contribution >= 4 is 5.91 Å². The van der Waals surface area contributed by atoms with E-state index in [9.17, 15) is 9.18 Å². The van der Waals surface area contributed by atoms with Gasteiger partial charge >= 0.3 is 0 Å². The number of pyridine rings is 1. The first-order chi connectivity index (χ1) is 14.1. The van der Waals surface area contributed by atoms with Crippen molar-refractivity contribution < 1.29 is 18.3 Å². The van der Waals surface area contributed by atoms with Gasteiger partial charge in [-0.2, -0.15) is 0 Å². The first-order valence-electron chi connectivity index (χ1n) is 9.68. The van der Waals surface area contributed by atoms with E-state index in [2.05, 4.69) is 10.3 Å². The number of methoxy groups -OCH3 is 1. The topological polar surface area (TPSA) is 64.4 Å². The lowest BCUT2D eigenvalue weighted by molar-refractivity contribution is 0.0926. The van der Waals surface area contributed by atoms with E-state index < -0.39 is 0 Å². The Bertz CT molecular complexity index is 937. The summed E-state index contributed by atoms with van der Waals surface area (Å²) in [6.07, 6.45) is 5.61. The van der Waals surface area contributed by atoms with Crippen molar-refractivity contribution in [2.24, 2.45) is 0 Å². The summed E-state index contributed by atoms with van der Waals surface area (Å²) in [5, 5.41) is 2.85. The van der Waals surface area contributed by atoms with Gasteiger partial charge in [0.25, 0.3) is 5.91 Å². The molecule has 29 heavy (non-hydrogen) atoms. The summed E-state index contributed by atoms with van der Waals surface area (Å²) >= 11 is 0. The van der Waals surface area contributed by atoms with Gasteiger partial charge in [-0.3, -0.25) is 9.78 Å². The zero-order valence-electron chi connectivity index (χ0n) is 17.3. The molecule has 6 heteroatoms. The number of carbonyl (C=O) groups is 1. The van der Waals surface area contributed by atoms with Gasteiger partial charge in [0, 0.05) is 18.3 Å². The van der Waals surface area contributed by atoms with Crippen molar-refractivity contribution in [2.75, 3.05) is 13.7 Å². The summed E-state index contributed by atoms with van der Waals surface area (Å²) < 4.78 is 23.8. The Kier molecular flexibility index (Phi) is 8.40. The summed E-state index contributed by atoms with van der Waals surface area (Å²) in [5.41, 5.74) is 3.40. The molecule has 0 unspecified atom stereocenters. The fourth-order valence-corrected chi connectivity index (χ4v) is 2.93. The molecule has 1 aromatic carbocycles. The van der Waals surface area contributed by atoms with Gasteiger partial charge in [0.1, 0.15) is 11.6 Å². The van der Waals surface area contributed by atoms with Crippen LogP contribution in [0.3, 0.4) is 0 Å². The number of benzene rings is 1. The second kappa shape index (κ2) is 11.0. The Morgan fingerprint density at radius 3 is 2.69 bits per heavy atom. The van der Waals surface area contributed by atoms with E-state index in [1.807, 2.05) is 39.0 Å². The van der Waals surface area contributed by atoms with Crippen LogP contribution in [-0.4, -0.2) is 24.5 Å². The number of ether oxygens (including phenoxy) is 1. The summed E-state index contributed by atoms with van der Waals surface area (Å²) in [6.45, 7) is 6.40. The van der Waals surface area contributed by atoms with Crippen LogP contribution in [0.1, 0.15) is 41.9 Å². The third-order valence-corrected chi connectivity index (χ3v) is 4.27. The van der Waals surface area contributed by atoms with Gasteiger partial charge in [0.15, 0.2) is 5.76 Å². The number of hydrogen-bond donors (Lipinski definition) is 1. The average molecular weight is 398 g/mol. The Balaban J connectivity index is 0.00000145. The molecule has 2 heterocycles. The normalized spacial score (nSPS) is 10.1. The van der Waals surface area contributed by atoms with E-state index in [-0.39, 0.29) is 17.5 Å². The summed E-state index contributed by atoms with van der Waals surface area (Å²) in [6, 6.07) is 8.94. The van der Waals surface area contributed by atoms with Crippen LogP contribution >= 0.6 is 0 Å². The molecule has 1 amide bonds. The predicted octanol–water partition coefficient (Wildman–Crippen LogP) is 5.19. The van der Waals surface area contributed by atoms with E-state index in [0.29, 0.717) is 19.4 Å². The highest BCUT2D eigenvalue weighted by molar-refractivity contribution is 5.98. The number of aromatic nitrogens is 1. The number of aryl methyl sites for hydroxylation is 2. The molecular formula is C23H27FN2O3. The molecule has 2 aromatic heterocycles. The van der Waals surface area contributed by atoms with Crippen molar-refractivity contribution in [2.45, 2.75) is 33.6 Å². The molecule has 0 saturated carbocycles. The molecule has 3 rings (SSSR count). The Morgan fingerprint density at radius 2 is 2.00 bits per heavy atom. The lowest BCUT2D eigenvalue weighted by Gasteiger charge is -2.08. The quantitative estimate of drug-likeness (QED) is 0.557. The van der Waals surface area contributed by atoms with Crippen molar-refractivity contribution in [1.82, 2.24) is 10.3 Å². The van der Waals surface area contributed by atoms with E-state index >= 15 is 0 Å². The van der Waals surface area contributed by atoms with E-state index in [1.165, 1.54) is 18.5 Å². The molecule has 0 aliphatic rings. The molecule has 0 spiro atoms. The standard InChI is InChI=1S/C21H21FN2O3.C2H6/c1-14-10-16(5-6-19(14)26-2)18-7-9-27-20(18)21(25)24-8-3-4-15-11-17(22)13-23-12-15;1-2/h5-7,9-13H,3-4,8H2,1-2H3,(H,24,25);1-2H3. The molecule has 0 aliphatic carbocycles. The maximum Gasteiger partial charge on any atom is 0.287 e. The third kappa shape index (κ3) is 5.91. The van der Waals surface area contributed by atoms with Crippen LogP contribution in [0.2, 0.25) is 0 Å². The van der Waals surface area contributed by atoms with Crippen molar-refractivity contribution in [3.63, 3.8) is 0 Å². The highest BCUT2D eigenvalue weighted by Crippen LogP contribution is 2.29. The fourth-order valence-electron chi connectivity index (χ4n) is 2.93. The Labute approximate surface area is 170 Å². The van der Waals surface area contributed by atoms with E-state index in [0.717, 1.165) is 28.0 Å². The molecule has 0 saturated heterocycles. The zero-order chi connectivity index (χ0) is 21.2. The van der Waals surface area contributed by atoms with Gasteiger partial charge in [0.05, 0.1) is 19.6 Å². The number of rotatable bonds is 7. The fraction of sp³-hybridized carbons (Fsp3) is 0.304. The number of nitrogens with one attached hydrogen (secondary N) is 1. The van der Waals surface area contributed by atoms with Crippen molar-refractivity contribution in [3.05, 3.63) is 71.7 Å². The van der Waals surface area contributed by atoms with Crippen molar-refractivity contribution in [3.8, 4) is 16.9 Å². The van der Waals surface area contributed by atoms with Gasteiger partial charge in [-0.05, 0) is 60.7 Å². The Morgan fingerprint density at radius 1 is 1.21 bits per heavy atom. The maximum absolute atomic E-state index is 13.1. The number of carbonyl (C=O) groups excluding carboxylic acids is 1. The second-order valence-electron chi connectivity index (χ2n) is 6.22. The molecule has 0 aliphatic heterocycles. The van der Waals surface area contributed by atoms with Crippen molar-refractivity contribution in [1.29, 1.82) is 0 Å². The molecule has 0 bridgehead atoms. The number of amides is 1. The number of nitrogens with zero attached hydrogens (tertiary/aromatic N) is 1. The molecular weight excluding hydrogens is 371 g/mol. The summed E-state index contributed by atoms with van der Waals surface area (Å²) in [7, 11) is 1.62. The average Bonchev–Trinajstić information content (AvgIpc) is 3.22. The van der Waals surface area contributed by atoms with Crippen LogP contribution in [-0.2, 0) is 6.42 Å². The SMILES string of the molecule is CC.COc1ccc(-c2ccoc2C(=O)NCCCc2cncc(F)c2)cc1C. The number of halogens is 1. The van der Waals surface area contributed by atoms with E-state index in [1.54, 1.807) is 19.4 Å². The van der Waals surface area contributed by atoms with Crippen LogP contribution in [0.15, 0.2) is 53.4 Å². The summed E-state index contributed by atoms with van der Waals surface area (Å²) in [5.74, 6) is 0.430. The summed E-state index contributed by atoms with van der Waals surface area (Å²) in [4.78, 5) is 16.3. The molecule has 0 radical (unpaired) electrons. The van der Waals surface area contributed by atoms with Crippen LogP contribution in [0.25, 0.3) is 11.1 Å². The molecule has 0 fully saturated rings. The lowest BCUT2D eigenvalue weighted by atomic mass is 10.0. The maximum atomic E-state index is 13.1. The minimum Gasteiger partial charge on any atom is -0.496 e. The van der Waals surface area contributed by atoms with Crippen LogP contribution in [0, 0.1) is 12.7 Å². The van der Waals surface area contributed by atoms with Gasteiger partial charge < -0.3 is 14.5 Å². The molecule has 1 N–H and O–H groups in total. The highest BCUT2D eigenvalue weighted by Gasteiger charge is 2.17. The second-order valence-corrected chi connectivity index (χ2v) is 6.22. The first kappa shape index (κ1) is 22.1. The van der Waals surface area contributed by atoms with Crippen LogP contribution in [0.5, 0.6) is 5.75 Å². The van der Waals surface area contributed by atoms with Crippen LogP contribution in [0.4, 0.5) is 4.39 Å². The number of furan rings is 1. The van der Waals surface area contributed by atoms with Gasteiger partial charge in [0.2, 0.25) is 0 Å². The minimum absolute atomic E-state index is 0.270.